The molecule has 0 saturated carbocycles. The number of hydrogen-bond acceptors (Lipinski definition) is 3. The summed E-state index contributed by atoms with van der Waals surface area (Å²) in [5.74, 6) is -1.84. The fraction of sp³-hybridized carbons (Fsp3) is 0.417. The molecule has 0 aliphatic carbocycles. The number of sulfonamides is 1. The number of rotatable bonds is 6. The van der Waals surface area contributed by atoms with Gasteiger partial charge in [0.2, 0.25) is 10.0 Å². The molecule has 0 heterocycles. The zero-order chi connectivity index (χ0) is 15.5. The van der Waals surface area contributed by atoms with E-state index in [1.54, 1.807) is 13.8 Å². The van der Waals surface area contributed by atoms with Gasteiger partial charge in [-0.1, -0.05) is 11.6 Å². The van der Waals surface area contributed by atoms with Gasteiger partial charge in [0.05, 0.1) is 11.4 Å². The van der Waals surface area contributed by atoms with E-state index in [1.807, 2.05) is 0 Å². The van der Waals surface area contributed by atoms with Crippen LogP contribution in [0, 0.1) is 5.82 Å². The van der Waals surface area contributed by atoms with Gasteiger partial charge >= 0.3 is 5.97 Å². The molecule has 0 amide bonds. The Kier molecular flexibility index (Phi) is 5.50. The number of benzene rings is 1. The monoisotopic (exact) mass is 323 g/mol. The van der Waals surface area contributed by atoms with E-state index in [-0.39, 0.29) is 22.9 Å². The van der Waals surface area contributed by atoms with E-state index in [0.29, 0.717) is 0 Å². The third kappa shape index (κ3) is 3.91. The molecule has 1 rings (SSSR count). The van der Waals surface area contributed by atoms with Crippen molar-refractivity contribution in [2.24, 2.45) is 0 Å². The quantitative estimate of drug-likeness (QED) is 0.872. The lowest BCUT2D eigenvalue weighted by atomic mass is 10.3. The van der Waals surface area contributed by atoms with Crippen molar-refractivity contribution in [3.8, 4) is 0 Å². The molecule has 0 atom stereocenters. The predicted octanol–water partition coefficient (Wildman–Crippen LogP) is 2.35. The van der Waals surface area contributed by atoms with Gasteiger partial charge in [-0.2, -0.15) is 4.31 Å². The van der Waals surface area contributed by atoms with Crippen LogP contribution in [0.15, 0.2) is 23.1 Å². The molecule has 0 radical (unpaired) electrons. The molecule has 1 aromatic carbocycles. The number of hydrogen-bond donors (Lipinski definition) is 1. The predicted molar refractivity (Wildman–Crippen MR) is 72.7 cm³/mol. The van der Waals surface area contributed by atoms with Gasteiger partial charge < -0.3 is 5.11 Å². The lowest BCUT2D eigenvalue weighted by Gasteiger charge is -2.25. The van der Waals surface area contributed by atoms with Gasteiger partial charge in [0.15, 0.2) is 0 Å². The van der Waals surface area contributed by atoms with E-state index in [4.69, 9.17) is 16.7 Å². The highest BCUT2D eigenvalue weighted by molar-refractivity contribution is 7.89. The first-order valence-electron chi connectivity index (χ1n) is 5.85. The Labute approximate surface area is 122 Å². The molecule has 1 N–H and O–H groups in total. The largest absolute Gasteiger partial charge is 0.481 e. The third-order valence-electron chi connectivity index (χ3n) is 2.60. The van der Waals surface area contributed by atoms with Gasteiger partial charge in [-0.25, -0.2) is 12.8 Å². The molecule has 5 nitrogen and oxygen atoms in total. The molecule has 0 unspecified atom stereocenters. The third-order valence-corrected chi connectivity index (χ3v) is 5.16. The van der Waals surface area contributed by atoms with Gasteiger partial charge in [0, 0.05) is 12.6 Å². The first-order chi connectivity index (χ1) is 9.16. The standard InChI is InChI=1S/C12H15ClFNO4S/c1-8(2)15(6-5-12(16)17)20(18,19)11-7-9(14)3-4-10(11)13/h3-4,7-8H,5-6H2,1-2H3,(H,16,17). The molecule has 112 valence electrons. The molecule has 1 aromatic rings. The Bertz CT molecular complexity index is 603. The molecular weight excluding hydrogens is 309 g/mol. The Morgan fingerprint density at radius 3 is 2.55 bits per heavy atom. The molecule has 8 heteroatoms. The summed E-state index contributed by atoms with van der Waals surface area (Å²) >= 11 is 5.80. The van der Waals surface area contributed by atoms with Crippen LogP contribution in [0.5, 0.6) is 0 Å². The van der Waals surface area contributed by atoms with Crippen molar-refractivity contribution < 1.29 is 22.7 Å². The van der Waals surface area contributed by atoms with Crippen molar-refractivity contribution in [3.05, 3.63) is 29.0 Å². The average molecular weight is 324 g/mol. The maximum atomic E-state index is 13.2. The lowest BCUT2D eigenvalue weighted by Crippen LogP contribution is -2.38. The van der Waals surface area contributed by atoms with Crippen LogP contribution in [0.25, 0.3) is 0 Å². The fourth-order valence-electron chi connectivity index (χ4n) is 1.66. The summed E-state index contributed by atoms with van der Waals surface area (Å²) in [7, 11) is -4.05. The highest BCUT2D eigenvalue weighted by Gasteiger charge is 2.29. The first kappa shape index (κ1) is 16.9. The van der Waals surface area contributed by atoms with Gasteiger partial charge in [-0.05, 0) is 32.0 Å². The second kappa shape index (κ2) is 6.51. The van der Waals surface area contributed by atoms with E-state index >= 15 is 0 Å². The molecule has 0 aliphatic rings. The summed E-state index contributed by atoms with van der Waals surface area (Å²) in [6, 6.07) is 2.56. The Balaban J connectivity index is 3.22. The first-order valence-corrected chi connectivity index (χ1v) is 7.66. The topological polar surface area (TPSA) is 74.7 Å². The van der Waals surface area contributed by atoms with Crippen LogP contribution in [0.3, 0.4) is 0 Å². The van der Waals surface area contributed by atoms with Crippen LogP contribution in [0.1, 0.15) is 20.3 Å². The molecule has 0 spiro atoms. The Hall–Kier alpha value is -1.18. The number of carboxylic acids is 1. The molecule has 0 saturated heterocycles. The number of carboxylic acid groups (broad SMARTS) is 1. The summed E-state index contributed by atoms with van der Waals surface area (Å²) in [6.45, 7) is 3.00. The fourth-order valence-corrected chi connectivity index (χ4v) is 3.79. The van der Waals surface area contributed by atoms with Crippen LogP contribution in [-0.4, -0.2) is 36.4 Å². The summed E-state index contributed by atoms with van der Waals surface area (Å²) in [5.41, 5.74) is 0. The number of halogens is 2. The molecule has 0 aromatic heterocycles. The van der Waals surface area contributed by atoms with Crippen molar-refractivity contribution in [1.82, 2.24) is 4.31 Å². The average Bonchev–Trinajstić information content (AvgIpc) is 2.31. The lowest BCUT2D eigenvalue weighted by molar-refractivity contribution is -0.137. The Morgan fingerprint density at radius 2 is 2.05 bits per heavy atom. The Morgan fingerprint density at radius 1 is 1.45 bits per heavy atom. The van der Waals surface area contributed by atoms with Crippen LogP contribution in [-0.2, 0) is 14.8 Å². The molecule has 20 heavy (non-hydrogen) atoms. The number of aliphatic carboxylic acids is 1. The maximum Gasteiger partial charge on any atom is 0.304 e. The van der Waals surface area contributed by atoms with Crippen molar-refractivity contribution in [2.75, 3.05) is 6.54 Å². The minimum absolute atomic E-state index is 0.104. The summed E-state index contributed by atoms with van der Waals surface area (Å²) < 4.78 is 39.1. The van der Waals surface area contributed by atoms with Crippen LogP contribution in [0.2, 0.25) is 5.02 Å². The van der Waals surface area contributed by atoms with Gasteiger partial charge in [-0.15, -0.1) is 0 Å². The number of nitrogens with zero attached hydrogens (tertiary/aromatic N) is 1. The van der Waals surface area contributed by atoms with Crippen molar-refractivity contribution in [1.29, 1.82) is 0 Å². The molecule has 0 aliphatic heterocycles. The smallest absolute Gasteiger partial charge is 0.304 e. The zero-order valence-corrected chi connectivity index (χ0v) is 12.6. The van der Waals surface area contributed by atoms with E-state index in [1.165, 1.54) is 0 Å². The maximum absolute atomic E-state index is 13.2. The van der Waals surface area contributed by atoms with Crippen LogP contribution >= 0.6 is 11.6 Å². The SMILES string of the molecule is CC(C)N(CCC(=O)O)S(=O)(=O)c1cc(F)ccc1Cl. The zero-order valence-electron chi connectivity index (χ0n) is 11.0. The van der Waals surface area contributed by atoms with Crippen molar-refractivity contribution in [3.63, 3.8) is 0 Å². The minimum atomic E-state index is -4.05. The van der Waals surface area contributed by atoms with Crippen LogP contribution in [0.4, 0.5) is 4.39 Å². The van der Waals surface area contributed by atoms with E-state index in [2.05, 4.69) is 0 Å². The van der Waals surface area contributed by atoms with Crippen molar-refractivity contribution in [2.45, 2.75) is 31.2 Å². The molecular formula is C12H15ClFNO4S. The van der Waals surface area contributed by atoms with Crippen molar-refractivity contribution >= 4 is 27.6 Å². The normalized spacial score (nSPS) is 12.1. The molecule has 0 bridgehead atoms. The van der Waals surface area contributed by atoms with Gasteiger partial charge in [-0.3, -0.25) is 4.79 Å². The highest BCUT2D eigenvalue weighted by Crippen LogP contribution is 2.26. The van der Waals surface area contributed by atoms with E-state index in [9.17, 15) is 17.6 Å². The van der Waals surface area contributed by atoms with Crippen LogP contribution < -0.4 is 0 Å². The van der Waals surface area contributed by atoms with Gasteiger partial charge in [0.25, 0.3) is 0 Å². The molecule has 0 fully saturated rings. The van der Waals surface area contributed by atoms with E-state index in [0.717, 1.165) is 22.5 Å². The summed E-state index contributed by atoms with van der Waals surface area (Å²) in [5, 5.41) is 8.57. The number of carbonyl (C=O) groups is 1. The minimum Gasteiger partial charge on any atom is -0.481 e. The second-order valence-electron chi connectivity index (χ2n) is 4.43. The highest BCUT2D eigenvalue weighted by atomic mass is 35.5. The second-order valence-corrected chi connectivity index (χ2v) is 6.69. The summed E-state index contributed by atoms with van der Waals surface area (Å²) in [4.78, 5) is 10.2. The van der Waals surface area contributed by atoms with E-state index < -0.39 is 27.9 Å². The van der Waals surface area contributed by atoms with Gasteiger partial charge in [0.1, 0.15) is 10.7 Å². The summed E-state index contributed by atoms with van der Waals surface area (Å²) in [6.07, 6.45) is -0.343.